The first-order valence-corrected chi connectivity index (χ1v) is 6.88. The molecule has 0 aliphatic heterocycles. The zero-order chi connectivity index (χ0) is 17.5. The SMILES string of the molecule is NC(=O)c1ccc(NC(=O)/C=C/c2ccccc2OC(F)F)cc1. The van der Waals surface area contributed by atoms with Crippen molar-refractivity contribution >= 4 is 23.6 Å². The van der Waals surface area contributed by atoms with E-state index in [-0.39, 0.29) is 5.75 Å². The first-order chi connectivity index (χ1) is 11.5. The Hall–Kier alpha value is -3.22. The largest absolute Gasteiger partial charge is 0.434 e. The minimum absolute atomic E-state index is 0.0256. The van der Waals surface area contributed by atoms with Crippen LogP contribution in [0.3, 0.4) is 0 Å². The number of nitrogens with one attached hydrogen (secondary N) is 1. The van der Waals surface area contributed by atoms with Crippen molar-refractivity contribution in [1.82, 2.24) is 0 Å². The maximum atomic E-state index is 12.3. The number of primary amides is 1. The van der Waals surface area contributed by atoms with Gasteiger partial charge in [0.05, 0.1) is 0 Å². The number of para-hydroxylation sites is 1. The molecular weight excluding hydrogens is 318 g/mol. The Morgan fingerprint density at radius 1 is 1.08 bits per heavy atom. The van der Waals surface area contributed by atoms with Crippen LogP contribution in [0.2, 0.25) is 0 Å². The molecule has 24 heavy (non-hydrogen) atoms. The van der Waals surface area contributed by atoms with Crippen LogP contribution in [0.4, 0.5) is 14.5 Å². The van der Waals surface area contributed by atoms with E-state index in [4.69, 9.17) is 5.73 Å². The third-order valence-electron chi connectivity index (χ3n) is 2.99. The second-order valence-electron chi connectivity index (χ2n) is 4.68. The molecule has 0 saturated carbocycles. The summed E-state index contributed by atoms with van der Waals surface area (Å²) in [6.07, 6.45) is 2.56. The van der Waals surface area contributed by atoms with Crippen LogP contribution >= 0.6 is 0 Å². The van der Waals surface area contributed by atoms with Crippen molar-refractivity contribution in [2.24, 2.45) is 5.73 Å². The van der Waals surface area contributed by atoms with Crippen molar-refractivity contribution in [2.75, 3.05) is 5.32 Å². The standard InChI is InChI=1S/C17H14F2N2O3/c18-17(19)24-14-4-2-1-3-11(14)7-10-15(22)21-13-8-5-12(6-9-13)16(20)23/h1-10,17H,(H2,20,23)(H,21,22)/b10-7+. The minimum atomic E-state index is -2.95. The van der Waals surface area contributed by atoms with E-state index >= 15 is 0 Å². The Bertz CT molecular complexity index is 759. The van der Waals surface area contributed by atoms with Crippen LogP contribution in [0, 0.1) is 0 Å². The molecule has 5 nitrogen and oxygen atoms in total. The average molecular weight is 332 g/mol. The molecule has 3 N–H and O–H groups in total. The highest BCUT2D eigenvalue weighted by atomic mass is 19.3. The van der Waals surface area contributed by atoms with E-state index in [0.717, 1.165) is 0 Å². The monoisotopic (exact) mass is 332 g/mol. The van der Waals surface area contributed by atoms with Crippen molar-refractivity contribution in [3.63, 3.8) is 0 Å². The number of benzene rings is 2. The third kappa shape index (κ3) is 4.91. The van der Waals surface area contributed by atoms with E-state index in [9.17, 15) is 18.4 Å². The van der Waals surface area contributed by atoms with Gasteiger partial charge in [-0.05, 0) is 36.4 Å². The smallest absolute Gasteiger partial charge is 0.387 e. The highest BCUT2D eigenvalue weighted by molar-refractivity contribution is 6.02. The van der Waals surface area contributed by atoms with E-state index in [1.165, 1.54) is 42.5 Å². The summed E-state index contributed by atoms with van der Waals surface area (Å²) in [7, 11) is 0. The summed E-state index contributed by atoms with van der Waals surface area (Å²) < 4.78 is 29.0. The van der Waals surface area contributed by atoms with Gasteiger partial charge in [0.1, 0.15) is 5.75 Å². The molecule has 0 aliphatic carbocycles. The molecule has 0 aromatic heterocycles. The quantitative estimate of drug-likeness (QED) is 0.798. The van der Waals surface area contributed by atoms with Gasteiger partial charge in [-0.3, -0.25) is 9.59 Å². The molecule has 0 radical (unpaired) electrons. The topological polar surface area (TPSA) is 81.4 Å². The predicted octanol–water partition coefficient (Wildman–Crippen LogP) is 3.04. The average Bonchev–Trinajstić information content (AvgIpc) is 2.54. The molecular formula is C17H14F2N2O3. The Balaban J connectivity index is 2.04. The fourth-order valence-corrected chi connectivity index (χ4v) is 1.89. The van der Waals surface area contributed by atoms with Gasteiger partial charge in [0.25, 0.3) is 0 Å². The van der Waals surface area contributed by atoms with Crippen LogP contribution in [0.1, 0.15) is 15.9 Å². The lowest BCUT2D eigenvalue weighted by atomic mass is 10.2. The van der Waals surface area contributed by atoms with Crippen molar-refractivity contribution in [3.05, 3.63) is 65.7 Å². The Morgan fingerprint density at radius 3 is 2.38 bits per heavy atom. The zero-order valence-corrected chi connectivity index (χ0v) is 12.4. The van der Waals surface area contributed by atoms with E-state index in [1.807, 2.05) is 0 Å². The predicted molar refractivity (Wildman–Crippen MR) is 85.7 cm³/mol. The van der Waals surface area contributed by atoms with Crippen LogP contribution in [-0.4, -0.2) is 18.4 Å². The zero-order valence-electron chi connectivity index (χ0n) is 12.4. The van der Waals surface area contributed by atoms with Gasteiger partial charge >= 0.3 is 6.61 Å². The van der Waals surface area contributed by atoms with Crippen LogP contribution in [0.15, 0.2) is 54.6 Å². The molecule has 0 saturated heterocycles. The number of carbonyl (C=O) groups is 2. The molecule has 2 rings (SSSR count). The molecule has 7 heteroatoms. The second-order valence-corrected chi connectivity index (χ2v) is 4.68. The Morgan fingerprint density at radius 2 is 1.75 bits per heavy atom. The number of amides is 2. The van der Waals surface area contributed by atoms with Crippen molar-refractivity contribution in [3.8, 4) is 5.75 Å². The van der Waals surface area contributed by atoms with Gasteiger partial charge in [0.2, 0.25) is 11.8 Å². The van der Waals surface area contributed by atoms with Gasteiger partial charge in [-0.1, -0.05) is 18.2 Å². The Labute approximate surface area is 136 Å². The van der Waals surface area contributed by atoms with E-state index < -0.39 is 18.4 Å². The van der Waals surface area contributed by atoms with Gasteiger partial charge in [-0.2, -0.15) is 8.78 Å². The van der Waals surface area contributed by atoms with Crippen molar-refractivity contribution in [2.45, 2.75) is 6.61 Å². The van der Waals surface area contributed by atoms with Crippen LogP contribution in [0.25, 0.3) is 6.08 Å². The first-order valence-electron chi connectivity index (χ1n) is 6.88. The number of anilines is 1. The number of nitrogens with two attached hydrogens (primary N) is 1. The highest BCUT2D eigenvalue weighted by Gasteiger charge is 2.07. The molecule has 0 heterocycles. The summed E-state index contributed by atoms with van der Waals surface area (Å²) in [5.74, 6) is -1.06. The lowest BCUT2D eigenvalue weighted by Crippen LogP contribution is -2.11. The van der Waals surface area contributed by atoms with Crippen LogP contribution in [0.5, 0.6) is 5.75 Å². The normalized spacial score (nSPS) is 10.8. The van der Waals surface area contributed by atoms with E-state index in [2.05, 4.69) is 10.1 Å². The molecule has 0 unspecified atom stereocenters. The molecule has 0 aliphatic rings. The molecule has 0 bridgehead atoms. The summed E-state index contributed by atoms with van der Waals surface area (Å²) in [5.41, 5.74) is 6.25. The van der Waals surface area contributed by atoms with Gasteiger partial charge in [0, 0.05) is 22.9 Å². The fraction of sp³-hybridized carbons (Fsp3) is 0.0588. The number of ether oxygens (including phenoxy) is 1. The van der Waals surface area contributed by atoms with Gasteiger partial charge in [-0.15, -0.1) is 0 Å². The summed E-state index contributed by atoms with van der Waals surface area (Å²) in [5, 5.41) is 2.57. The molecule has 124 valence electrons. The van der Waals surface area contributed by atoms with Gasteiger partial charge in [0.15, 0.2) is 0 Å². The fourth-order valence-electron chi connectivity index (χ4n) is 1.89. The molecule has 0 spiro atoms. The molecule has 0 fully saturated rings. The highest BCUT2D eigenvalue weighted by Crippen LogP contribution is 2.21. The van der Waals surface area contributed by atoms with Crippen LogP contribution < -0.4 is 15.8 Å². The third-order valence-corrected chi connectivity index (χ3v) is 2.99. The molecule has 2 aromatic rings. The van der Waals surface area contributed by atoms with Gasteiger partial charge in [-0.25, -0.2) is 0 Å². The lowest BCUT2D eigenvalue weighted by Gasteiger charge is -2.07. The van der Waals surface area contributed by atoms with Crippen molar-refractivity contribution in [1.29, 1.82) is 0 Å². The second kappa shape index (κ2) is 7.87. The summed E-state index contributed by atoms with van der Waals surface area (Å²) in [6.45, 7) is -2.95. The number of halogens is 2. The maximum absolute atomic E-state index is 12.3. The number of hydrogen-bond donors (Lipinski definition) is 2. The number of carbonyl (C=O) groups excluding carboxylic acids is 2. The van der Waals surface area contributed by atoms with E-state index in [1.54, 1.807) is 18.2 Å². The summed E-state index contributed by atoms with van der Waals surface area (Å²) in [6, 6.07) is 12.1. The van der Waals surface area contributed by atoms with E-state index in [0.29, 0.717) is 16.8 Å². The maximum Gasteiger partial charge on any atom is 0.387 e. The summed E-state index contributed by atoms with van der Waals surface area (Å²) in [4.78, 5) is 22.8. The molecule has 0 atom stereocenters. The number of rotatable bonds is 6. The summed E-state index contributed by atoms with van der Waals surface area (Å²) >= 11 is 0. The number of alkyl halides is 2. The lowest BCUT2D eigenvalue weighted by molar-refractivity contribution is -0.111. The molecule has 2 aromatic carbocycles. The van der Waals surface area contributed by atoms with Gasteiger partial charge < -0.3 is 15.8 Å². The minimum Gasteiger partial charge on any atom is -0.434 e. The van der Waals surface area contributed by atoms with Crippen molar-refractivity contribution < 1.29 is 23.1 Å². The number of hydrogen-bond acceptors (Lipinski definition) is 3. The first kappa shape index (κ1) is 17.1. The molecule has 2 amide bonds. The van der Waals surface area contributed by atoms with Crippen LogP contribution in [-0.2, 0) is 4.79 Å². The Kier molecular flexibility index (Phi) is 5.62.